The number of non-ortho nitro benzene ring substituents is 3. The van der Waals surface area contributed by atoms with Gasteiger partial charge in [-0.2, -0.15) is 13.4 Å². The van der Waals surface area contributed by atoms with Crippen molar-refractivity contribution in [1.29, 1.82) is 0 Å². The van der Waals surface area contributed by atoms with E-state index in [-0.39, 0.29) is 34.1 Å². The number of nitrogens with one attached hydrogen (secondary N) is 2. The fourth-order valence-corrected chi connectivity index (χ4v) is 4.47. The van der Waals surface area contributed by atoms with Gasteiger partial charge in [0.25, 0.3) is 17.1 Å². The van der Waals surface area contributed by atoms with Crippen LogP contribution in [-0.4, -0.2) is 38.1 Å². The molecule has 216 valence electrons. The summed E-state index contributed by atoms with van der Waals surface area (Å²) in [4.78, 5) is 43.8. The Morgan fingerprint density at radius 3 is 1.37 bits per heavy atom. The third-order valence-electron chi connectivity index (χ3n) is 5.80. The second-order valence-corrected chi connectivity index (χ2v) is 10.0. The van der Waals surface area contributed by atoms with Crippen LogP contribution in [0.5, 0.6) is 0 Å². The minimum atomic E-state index is -4.46. The van der Waals surface area contributed by atoms with Gasteiger partial charge in [0, 0.05) is 53.1 Å². The lowest BCUT2D eigenvalue weighted by molar-refractivity contribution is -0.385. The molecule has 0 amide bonds. The first-order valence-corrected chi connectivity index (χ1v) is 13.4. The molecule has 0 atom stereocenters. The summed E-state index contributed by atoms with van der Waals surface area (Å²) in [6.45, 7) is 0. The number of hydrogen-bond acceptors (Lipinski definition) is 12. The molecule has 18 heteroatoms. The van der Waals surface area contributed by atoms with E-state index in [1.54, 1.807) is 0 Å². The molecule has 0 unspecified atom stereocenters. The van der Waals surface area contributed by atoms with Crippen LogP contribution in [0.1, 0.15) is 0 Å². The maximum absolute atomic E-state index is 12.9. The van der Waals surface area contributed by atoms with E-state index in [0.717, 1.165) is 6.26 Å². The second kappa shape index (κ2) is 11.3. The Morgan fingerprint density at radius 2 is 0.977 bits per heavy atom. The number of benzene rings is 3. The van der Waals surface area contributed by atoms with Crippen LogP contribution >= 0.6 is 0 Å². The van der Waals surface area contributed by atoms with Crippen molar-refractivity contribution < 1.29 is 27.6 Å². The molecule has 0 bridgehead atoms. The molecule has 2 heterocycles. The van der Waals surface area contributed by atoms with Crippen LogP contribution in [-0.2, 0) is 10.2 Å². The quantitative estimate of drug-likeness (QED) is 0.159. The number of anilines is 2. The van der Waals surface area contributed by atoms with Crippen molar-refractivity contribution >= 4 is 39.2 Å². The Balaban J connectivity index is 1.44. The van der Waals surface area contributed by atoms with Crippen LogP contribution in [0.15, 0.2) is 89.5 Å². The molecule has 0 saturated carbocycles. The predicted octanol–water partition coefficient (Wildman–Crippen LogP) is 4.96. The van der Waals surface area contributed by atoms with Crippen LogP contribution in [0.3, 0.4) is 0 Å². The number of nitro groups is 3. The Hall–Kier alpha value is -6.30. The molecule has 0 spiro atoms. The van der Waals surface area contributed by atoms with Gasteiger partial charge in [-0.15, -0.1) is 0 Å². The zero-order valence-corrected chi connectivity index (χ0v) is 22.2. The average Bonchev–Trinajstić information content (AvgIpc) is 3.44. The summed E-state index contributed by atoms with van der Waals surface area (Å²) >= 11 is 0. The molecule has 0 aliphatic rings. The predicted molar refractivity (Wildman–Crippen MR) is 151 cm³/mol. The highest BCUT2D eigenvalue weighted by atomic mass is 32.2. The molecular weight excluding hydrogens is 588 g/mol. The van der Waals surface area contributed by atoms with Gasteiger partial charge in [0.2, 0.25) is 5.95 Å². The lowest BCUT2D eigenvalue weighted by atomic mass is 10.1. The molecule has 0 radical (unpaired) electrons. The first-order chi connectivity index (χ1) is 20.5. The van der Waals surface area contributed by atoms with Crippen molar-refractivity contribution in [2.45, 2.75) is 0 Å². The van der Waals surface area contributed by atoms with Gasteiger partial charge in [-0.3, -0.25) is 30.3 Å². The van der Waals surface area contributed by atoms with E-state index in [1.165, 1.54) is 78.9 Å². The van der Waals surface area contributed by atoms with Crippen molar-refractivity contribution in [2.75, 3.05) is 9.44 Å². The van der Waals surface area contributed by atoms with Crippen LogP contribution in [0.2, 0.25) is 0 Å². The minimum Gasteiger partial charge on any atom is -0.431 e. The average molecular weight is 605 g/mol. The molecule has 0 saturated heterocycles. The zero-order chi connectivity index (χ0) is 30.7. The normalized spacial score (nSPS) is 11.1. The molecule has 43 heavy (non-hydrogen) atoms. The third kappa shape index (κ3) is 6.55. The fourth-order valence-electron chi connectivity index (χ4n) is 3.76. The van der Waals surface area contributed by atoms with Gasteiger partial charge < -0.3 is 4.42 Å². The molecule has 2 aromatic heterocycles. The molecule has 17 nitrogen and oxygen atoms in total. The number of rotatable bonds is 10. The molecule has 0 aliphatic heterocycles. The van der Waals surface area contributed by atoms with E-state index in [2.05, 4.69) is 24.4 Å². The van der Waals surface area contributed by atoms with Gasteiger partial charge in [-0.25, -0.2) is 19.4 Å². The van der Waals surface area contributed by atoms with Crippen LogP contribution in [0.25, 0.3) is 33.8 Å². The maximum atomic E-state index is 12.9. The number of aromatic nitrogens is 3. The summed E-state index contributed by atoms with van der Waals surface area (Å²) in [6, 6.07) is 17.1. The summed E-state index contributed by atoms with van der Waals surface area (Å²) in [6.07, 6.45) is 1.15. The van der Waals surface area contributed by atoms with Crippen molar-refractivity contribution in [3.8, 4) is 33.8 Å². The van der Waals surface area contributed by atoms with Gasteiger partial charge in [-0.05, 0) is 42.5 Å². The maximum Gasteiger partial charge on any atom is 0.327 e. The number of nitro benzene ring substituents is 3. The Labute approximate surface area is 240 Å². The first kappa shape index (κ1) is 28.2. The summed E-state index contributed by atoms with van der Waals surface area (Å²) < 4.78 is 35.3. The fraction of sp³-hybridized carbons (Fsp3) is 0. The first-order valence-electron chi connectivity index (χ1n) is 11.9. The largest absolute Gasteiger partial charge is 0.431 e. The lowest BCUT2D eigenvalue weighted by Crippen LogP contribution is -2.23. The molecular formula is C25H16N8O9S. The summed E-state index contributed by atoms with van der Waals surface area (Å²) in [5.41, 5.74) is 1.32. The van der Waals surface area contributed by atoms with Gasteiger partial charge >= 0.3 is 16.2 Å². The van der Waals surface area contributed by atoms with Gasteiger partial charge in [0.05, 0.1) is 26.2 Å². The Bertz CT molecular complexity index is 1890. The topological polar surface area (TPSA) is 239 Å². The van der Waals surface area contributed by atoms with Crippen molar-refractivity contribution in [2.24, 2.45) is 0 Å². The van der Waals surface area contributed by atoms with E-state index in [9.17, 15) is 38.8 Å². The van der Waals surface area contributed by atoms with Gasteiger partial charge in [-0.1, -0.05) is 0 Å². The standard InChI is InChI=1S/C25H16N8O9S/c34-31(35)18-7-1-15(2-8-18)21-13-22(16-3-9-19(10-4-16)32(36)37)27-24(26-21)29-43(40,41)30-25-28-23(14-42-25)17-5-11-20(12-6-17)33(38)39/h1-14H,(H,28,30)(H,26,27,29). The molecule has 0 fully saturated rings. The summed E-state index contributed by atoms with van der Waals surface area (Å²) in [5.74, 6) is -0.404. The summed E-state index contributed by atoms with van der Waals surface area (Å²) in [5, 5.41) is 33.0. The zero-order valence-electron chi connectivity index (χ0n) is 21.3. The van der Waals surface area contributed by atoms with Gasteiger partial charge in [0.1, 0.15) is 12.0 Å². The van der Waals surface area contributed by atoms with E-state index >= 15 is 0 Å². The van der Waals surface area contributed by atoms with Crippen LogP contribution in [0.4, 0.5) is 29.0 Å². The lowest BCUT2D eigenvalue weighted by Gasteiger charge is -2.11. The highest BCUT2D eigenvalue weighted by Crippen LogP contribution is 2.29. The van der Waals surface area contributed by atoms with E-state index in [0.29, 0.717) is 16.7 Å². The second-order valence-electron chi connectivity index (χ2n) is 8.62. The number of hydrogen-bond donors (Lipinski definition) is 2. The molecule has 0 aliphatic carbocycles. The van der Waals surface area contributed by atoms with Crippen LogP contribution < -0.4 is 9.44 Å². The van der Waals surface area contributed by atoms with E-state index < -0.39 is 36.9 Å². The number of nitrogens with zero attached hydrogens (tertiary/aromatic N) is 6. The Kier molecular flexibility index (Phi) is 7.41. The van der Waals surface area contributed by atoms with Gasteiger partial charge in [0.15, 0.2) is 0 Å². The molecule has 5 rings (SSSR count). The van der Waals surface area contributed by atoms with Crippen molar-refractivity contribution in [3.05, 3.63) is 115 Å². The highest BCUT2D eigenvalue weighted by Gasteiger charge is 2.19. The monoisotopic (exact) mass is 604 g/mol. The van der Waals surface area contributed by atoms with E-state index in [4.69, 9.17) is 4.42 Å². The van der Waals surface area contributed by atoms with Crippen LogP contribution in [0, 0.1) is 30.3 Å². The third-order valence-corrected chi connectivity index (χ3v) is 6.69. The van der Waals surface area contributed by atoms with Crippen molar-refractivity contribution in [1.82, 2.24) is 15.0 Å². The molecule has 2 N–H and O–H groups in total. The minimum absolute atomic E-state index is 0.138. The summed E-state index contributed by atoms with van der Waals surface area (Å²) in [7, 11) is -4.46. The van der Waals surface area contributed by atoms with Crippen molar-refractivity contribution in [3.63, 3.8) is 0 Å². The number of oxazole rings is 1. The highest BCUT2D eigenvalue weighted by molar-refractivity contribution is 7.93. The SMILES string of the molecule is O=[N+]([O-])c1ccc(-c2cc(-c3ccc([N+](=O)[O-])cc3)nc(NS(=O)(=O)Nc3nc(-c4ccc([N+](=O)[O-])cc4)co3)n2)cc1. The Morgan fingerprint density at radius 1 is 0.581 bits per heavy atom. The molecule has 3 aromatic carbocycles. The molecule has 5 aromatic rings. The van der Waals surface area contributed by atoms with E-state index in [1.807, 2.05) is 0 Å². The smallest absolute Gasteiger partial charge is 0.327 e.